The average Bonchev–Trinajstić information content (AvgIpc) is 2.76. The number of hydrogen-bond acceptors (Lipinski definition) is 4. The van der Waals surface area contributed by atoms with Crippen molar-refractivity contribution < 1.29 is 19.1 Å². The van der Waals surface area contributed by atoms with Gasteiger partial charge in [0, 0.05) is 11.6 Å². The summed E-state index contributed by atoms with van der Waals surface area (Å²) in [7, 11) is 0. The van der Waals surface area contributed by atoms with Crippen molar-refractivity contribution in [2.24, 2.45) is 5.92 Å². The number of benzene rings is 2. The Hall–Kier alpha value is -3.02. The molecule has 2 aliphatic rings. The Labute approximate surface area is 170 Å². The van der Waals surface area contributed by atoms with Crippen molar-refractivity contribution in [3.05, 3.63) is 48.5 Å². The van der Waals surface area contributed by atoms with Gasteiger partial charge >= 0.3 is 0 Å². The molecule has 0 aromatic heterocycles. The van der Waals surface area contributed by atoms with Crippen molar-refractivity contribution in [2.75, 3.05) is 30.0 Å². The highest BCUT2D eigenvalue weighted by atomic mass is 16.5. The van der Waals surface area contributed by atoms with Crippen molar-refractivity contribution in [1.82, 2.24) is 0 Å². The number of para-hydroxylation sites is 1. The lowest BCUT2D eigenvalue weighted by Crippen LogP contribution is -2.41. The van der Waals surface area contributed by atoms with Gasteiger partial charge in [-0.15, -0.1) is 0 Å². The molecule has 0 unspecified atom stereocenters. The maximum absolute atomic E-state index is 12.6. The summed E-state index contributed by atoms with van der Waals surface area (Å²) in [5.74, 6) is 1.42. The van der Waals surface area contributed by atoms with Crippen LogP contribution in [0.4, 0.5) is 11.4 Å². The summed E-state index contributed by atoms with van der Waals surface area (Å²) in [6.07, 6.45) is 5.32. The Kier molecular flexibility index (Phi) is 5.98. The molecule has 0 atom stereocenters. The van der Waals surface area contributed by atoms with Gasteiger partial charge in [0.1, 0.15) is 18.1 Å². The minimum Gasteiger partial charge on any atom is -0.492 e. The zero-order valence-corrected chi connectivity index (χ0v) is 16.4. The molecule has 0 bridgehead atoms. The van der Waals surface area contributed by atoms with E-state index in [4.69, 9.17) is 9.47 Å². The first-order valence-electron chi connectivity index (χ1n) is 10.3. The minimum absolute atomic E-state index is 0.00607. The molecule has 6 heteroatoms. The van der Waals surface area contributed by atoms with Gasteiger partial charge in [0.2, 0.25) is 5.91 Å². The highest BCUT2D eigenvalue weighted by molar-refractivity contribution is 5.99. The zero-order chi connectivity index (χ0) is 20.1. The molecule has 1 fully saturated rings. The average molecular weight is 394 g/mol. The van der Waals surface area contributed by atoms with Crippen molar-refractivity contribution in [1.29, 1.82) is 0 Å². The second-order valence-electron chi connectivity index (χ2n) is 7.50. The van der Waals surface area contributed by atoms with E-state index in [9.17, 15) is 9.59 Å². The van der Waals surface area contributed by atoms with Crippen LogP contribution in [0.25, 0.3) is 0 Å². The third kappa shape index (κ3) is 4.70. The number of nitrogens with zero attached hydrogens (tertiary/aromatic N) is 1. The van der Waals surface area contributed by atoms with Crippen LogP contribution in [0.15, 0.2) is 48.5 Å². The van der Waals surface area contributed by atoms with Gasteiger partial charge in [-0.25, -0.2) is 0 Å². The van der Waals surface area contributed by atoms with Crippen LogP contribution in [0.1, 0.15) is 32.1 Å². The van der Waals surface area contributed by atoms with Crippen molar-refractivity contribution >= 4 is 23.2 Å². The summed E-state index contributed by atoms with van der Waals surface area (Å²) in [6, 6.07) is 15.0. The SMILES string of the molecule is O=C(Nc1ccc2c(c1)N(CCOc1ccccc1)C(=O)CO2)C1CCCCC1. The van der Waals surface area contributed by atoms with E-state index in [-0.39, 0.29) is 24.3 Å². The quantitative estimate of drug-likeness (QED) is 0.804. The number of fused-ring (bicyclic) bond motifs is 1. The molecule has 152 valence electrons. The van der Waals surface area contributed by atoms with Gasteiger partial charge in [-0.3, -0.25) is 9.59 Å². The zero-order valence-electron chi connectivity index (χ0n) is 16.4. The molecule has 1 aliphatic carbocycles. The van der Waals surface area contributed by atoms with Crippen LogP contribution in [0.5, 0.6) is 11.5 Å². The molecule has 0 spiro atoms. The first-order chi connectivity index (χ1) is 14.2. The van der Waals surface area contributed by atoms with Crippen molar-refractivity contribution in [3.63, 3.8) is 0 Å². The van der Waals surface area contributed by atoms with Crippen LogP contribution >= 0.6 is 0 Å². The second kappa shape index (κ2) is 8.99. The summed E-state index contributed by atoms with van der Waals surface area (Å²) in [5.41, 5.74) is 1.35. The molecule has 29 heavy (non-hydrogen) atoms. The van der Waals surface area contributed by atoms with Crippen LogP contribution in [0, 0.1) is 5.92 Å². The number of nitrogens with one attached hydrogen (secondary N) is 1. The van der Waals surface area contributed by atoms with Gasteiger partial charge in [-0.2, -0.15) is 0 Å². The van der Waals surface area contributed by atoms with E-state index in [1.165, 1.54) is 6.42 Å². The lowest BCUT2D eigenvalue weighted by atomic mass is 9.88. The van der Waals surface area contributed by atoms with E-state index >= 15 is 0 Å². The number of amides is 2. The molecule has 1 saturated carbocycles. The monoisotopic (exact) mass is 394 g/mol. The number of hydrogen-bond donors (Lipinski definition) is 1. The fraction of sp³-hybridized carbons (Fsp3) is 0.391. The fourth-order valence-electron chi connectivity index (χ4n) is 3.91. The summed E-state index contributed by atoms with van der Waals surface area (Å²) < 4.78 is 11.3. The van der Waals surface area contributed by atoms with E-state index in [1.54, 1.807) is 4.90 Å². The number of carbonyl (C=O) groups excluding carboxylic acids is 2. The molecular weight excluding hydrogens is 368 g/mol. The maximum Gasteiger partial charge on any atom is 0.265 e. The molecule has 1 N–H and O–H groups in total. The van der Waals surface area contributed by atoms with Crippen LogP contribution in [-0.2, 0) is 9.59 Å². The number of carbonyl (C=O) groups is 2. The molecule has 1 heterocycles. The molecule has 0 radical (unpaired) electrons. The first-order valence-corrected chi connectivity index (χ1v) is 10.3. The highest BCUT2D eigenvalue weighted by Crippen LogP contribution is 2.35. The summed E-state index contributed by atoms with van der Waals surface area (Å²) in [4.78, 5) is 26.7. The van der Waals surface area contributed by atoms with Crippen molar-refractivity contribution in [3.8, 4) is 11.5 Å². The van der Waals surface area contributed by atoms with E-state index in [2.05, 4.69) is 5.32 Å². The predicted octanol–water partition coefficient (Wildman–Crippen LogP) is 4.01. The Balaban J connectivity index is 1.44. The van der Waals surface area contributed by atoms with E-state index in [0.717, 1.165) is 31.4 Å². The van der Waals surface area contributed by atoms with Gasteiger partial charge in [-0.1, -0.05) is 37.5 Å². The largest absolute Gasteiger partial charge is 0.492 e. The maximum atomic E-state index is 12.6. The molecule has 0 saturated heterocycles. The Bertz CT molecular complexity index is 862. The minimum atomic E-state index is -0.120. The van der Waals surface area contributed by atoms with Gasteiger partial charge in [0.05, 0.1) is 12.2 Å². The standard InChI is InChI=1S/C23H26N2O4/c26-22-16-29-21-12-11-18(24-23(27)17-7-3-1-4-8-17)15-20(21)25(22)13-14-28-19-9-5-2-6-10-19/h2,5-6,9-12,15,17H,1,3-4,7-8,13-14,16H2,(H,24,27). The van der Waals surface area contributed by atoms with Gasteiger partial charge in [0.25, 0.3) is 5.91 Å². The molecule has 2 amide bonds. The van der Waals surface area contributed by atoms with E-state index < -0.39 is 0 Å². The molecule has 6 nitrogen and oxygen atoms in total. The number of anilines is 2. The van der Waals surface area contributed by atoms with Gasteiger partial charge < -0.3 is 19.7 Å². The number of ether oxygens (including phenoxy) is 2. The first kappa shape index (κ1) is 19.3. The summed E-state index contributed by atoms with van der Waals surface area (Å²) >= 11 is 0. The topological polar surface area (TPSA) is 67.9 Å². The third-order valence-corrected chi connectivity index (χ3v) is 5.47. The normalized spacial score (nSPS) is 16.7. The van der Waals surface area contributed by atoms with E-state index in [0.29, 0.717) is 30.3 Å². The molecular formula is C23H26N2O4. The van der Waals surface area contributed by atoms with Crippen LogP contribution < -0.4 is 19.7 Å². The smallest absolute Gasteiger partial charge is 0.265 e. The molecule has 2 aromatic rings. The summed E-state index contributed by atoms with van der Waals surface area (Å²) in [5, 5.41) is 3.02. The predicted molar refractivity (Wildman–Crippen MR) is 111 cm³/mol. The summed E-state index contributed by atoms with van der Waals surface area (Å²) in [6.45, 7) is 0.782. The molecule has 1 aliphatic heterocycles. The lowest BCUT2D eigenvalue weighted by molar-refractivity contribution is -0.121. The van der Waals surface area contributed by atoms with Crippen LogP contribution in [0.2, 0.25) is 0 Å². The third-order valence-electron chi connectivity index (χ3n) is 5.47. The Morgan fingerprint density at radius 1 is 1.10 bits per heavy atom. The molecule has 4 rings (SSSR count). The van der Waals surface area contributed by atoms with Crippen LogP contribution in [-0.4, -0.2) is 31.6 Å². The van der Waals surface area contributed by atoms with Gasteiger partial charge in [0.15, 0.2) is 6.61 Å². The van der Waals surface area contributed by atoms with Crippen LogP contribution in [0.3, 0.4) is 0 Å². The van der Waals surface area contributed by atoms with E-state index in [1.807, 2.05) is 48.5 Å². The van der Waals surface area contributed by atoms with Crippen molar-refractivity contribution in [2.45, 2.75) is 32.1 Å². The van der Waals surface area contributed by atoms with Gasteiger partial charge in [-0.05, 0) is 43.2 Å². The highest BCUT2D eigenvalue weighted by Gasteiger charge is 2.27. The Morgan fingerprint density at radius 2 is 1.90 bits per heavy atom. The lowest BCUT2D eigenvalue weighted by Gasteiger charge is -2.30. The second-order valence-corrected chi connectivity index (χ2v) is 7.50. The Morgan fingerprint density at radius 3 is 2.69 bits per heavy atom. The number of rotatable bonds is 6. The fourth-order valence-corrected chi connectivity index (χ4v) is 3.91. The molecule has 2 aromatic carbocycles.